The molecule has 1 N–H and O–H groups in total. The summed E-state index contributed by atoms with van der Waals surface area (Å²) in [4.78, 5) is 10.8. The molecule has 0 aromatic rings. The third-order valence-electron chi connectivity index (χ3n) is 1.88. The lowest BCUT2D eigenvalue weighted by Gasteiger charge is -2.31. The molecule has 7 heteroatoms. The molecule has 1 rings (SSSR count). The third kappa shape index (κ3) is 1.47. The average molecular weight is 210 g/mol. The fourth-order valence-corrected chi connectivity index (χ4v) is 1.27. The van der Waals surface area contributed by atoms with Crippen LogP contribution in [-0.2, 0) is 4.79 Å². The molecule has 1 unspecified atom stereocenters. The second-order valence-electron chi connectivity index (χ2n) is 3.16. The lowest BCUT2D eigenvalue weighted by atomic mass is 10.1. The van der Waals surface area contributed by atoms with Gasteiger partial charge in [-0.05, 0) is 6.92 Å². The first-order valence-electron chi connectivity index (χ1n) is 3.82. The SMILES string of the molecule is CC(=O)N1N=C(C)CC1(O)C(F)(F)F. The maximum absolute atomic E-state index is 12.4. The molecule has 14 heavy (non-hydrogen) atoms. The molecule has 4 nitrogen and oxygen atoms in total. The highest BCUT2D eigenvalue weighted by atomic mass is 19.4. The predicted molar refractivity (Wildman–Crippen MR) is 41.3 cm³/mol. The summed E-state index contributed by atoms with van der Waals surface area (Å²) >= 11 is 0. The van der Waals surface area contributed by atoms with Gasteiger partial charge in [-0.15, -0.1) is 0 Å². The van der Waals surface area contributed by atoms with Crippen LogP contribution in [0.15, 0.2) is 5.10 Å². The third-order valence-corrected chi connectivity index (χ3v) is 1.88. The maximum atomic E-state index is 12.4. The zero-order chi connectivity index (χ0) is 11.1. The smallest absolute Gasteiger partial charge is 0.362 e. The van der Waals surface area contributed by atoms with Crippen molar-refractivity contribution in [2.75, 3.05) is 0 Å². The van der Waals surface area contributed by atoms with Crippen LogP contribution in [0, 0.1) is 0 Å². The van der Waals surface area contributed by atoms with Crippen LogP contribution < -0.4 is 0 Å². The van der Waals surface area contributed by atoms with Gasteiger partial charge in [0.05, 0.1) is 0 Å². The molecule has 0 aliphatic carbocycles. The Bertz CT molecular complexity index is 300. The van der Waals surface area contributed by atoms with Gasteiger partial charge in [-0.25, -0.2) is 0 Å². The van der Waals surface area contributed by atoms with Gasteiger partial charge in [-0.3, -0.25) is 4.79 Å². The highest BCUT2D eigenvalue weighted by Crippen LogP contribution is 2.39. The number of carbonyl (C=O) groups excluding carboxylic acids is 1. The minimum absolute atomic E-state index is 0.0695. The normalized spacial score (nSPS) is 27.9. The van der Waals surface area contributed by atoms with Crippen LogP contribution in [0.25, 0.3) is 0 Å². The van der Waals surface area contributed by atoms with Crippen LogP contribution in [-0.4, -0.2) is 33.6 Å². The molecule has 0 aromatic heterocycles. The van der Waals surface area contributed by atoms with Crippen LogP contribution in [0.5, 0.6) is 0 Å². The molecule has 1 amide bonds. The van der Waals surface area contributed by atoms with Crippen molar-refractivity contribution in [2.24, 2.45) is 5.10 Å². The summed E-state index contributed by atoms with van der Waals surface area (Å²) in [7, 11) is 0. The maximum Gasteiger partial charge on any atom is 0.438 e. The van der Waals surface area contributed by atoms with E-state index in [1.807, 2.05) is 0 Å². The van der Waals surface area contributed by atoms with Gasteiger partial charge >= 0.3 is 6.18 Å². The topological polar surface area (TPSA) is 52.9 Å². The van der Waals surface area contributed by atoms with Crippen molar-refractivity contribution >= 4 is 11.6 Å². The first kappa shape index (κ1) is 11.0. The average Bonchev–Trinajstić information content (AvgIpc) is 2.25. The lowest BCUT2D eigenvalue weighted by Crippen LogP contribution is -2.56. The van der Waals surface area contributed by atoms with Crippen LogP contribution >= 0.6 is 0 Å². The summed E-state index contributed by atoms with van der Waals surface area (Å²) in [6.45, 7) is 2.23. The number of alkyl halides is 3. The number of rotatable bonds is 0. The van der Waals surface area contributed by atoms with Crippen LogP contribution in [0.4, 0.5) is 13.2 Å². The minimum atomic E-state index is -4.90. The molecule has 0 radical (unpaired) electrons. The molecule has 1 heterocycles. The van der Waals surface area contributed by atoms with E-state index in [2.05, 4.69) is 5.10 Å². The Morgan fingerprint density at radius 3 is 2.43 bits per heavy atom. The van der Waals surface area contributed by atoms with Gasteiger partial charge in [-0.2, -0.15) is 23.3 Å². The Kier molecular flexibility index (Phi) is 2.31. The Balaban J connectivity index is 3.08. The minimum Gasteiger partial charge on any atom is -0.362 e. The van der Waals surface area contributed by atoms with Gasteiger partial charge in [0.2, 0.25) is 5.91 Å². The Hall–Kier alpha value is -1.11. The van der Waals surface area contributed by atoms with Crippen molar-refractivity contribution in [1.82, 2.24) is 5.01 Å². The molecule has 0 spiro atoms. The number of hydrogen-bond acceptors (Lipinski definition) is 3. The molecular formula is C7H9F3N2O2. The van der Waals surface area contributed by atoms with Gasteiger partial charge in [0.1, 0.15) is 0 Å². The highest BCUT2D eigenvalue weighted by Gasteiger charge is 2.62. The zero-order valence-electron chi connectivity index (χ0n) is 7.59. The Morgan fingerprint density at radius 2 is 2.14 bits per heavy atom. The predicted octanol–water partition coefficient (Wildman–Crippen LogP) is 0.865. The number of carbonyl (C=O) groups is 1. The first-order valence-corrected chi connectivity index (χ1v) is 3.82. The van der Waals surface area contributed by atoms with Gasteiger partial charge in [0, 0.05) is 19.1 Å². The number of hydrazone groups is 1. The quantitative estimate of drug-likeness (QED) is 0.644. The van der Waals surface area contributed by atoms with Crippen molar-refractivity contribution in [3.63, 3.8) is 0 Å². The van der Waals surface area contributed by atoms with E-state index in [1.165, 1.54) is 6.92 Å². The van der Waals surface area contributed by atoms with E-state index < -0.39 is 24.2 Å². The standard InChI is InChI=1S/C7H9F3N2O2/c1-4-3-6(14,7(8,9)10)12(11-4)5(2)13/h14H,3H2,1-2H3. The molecule has 1 aliphatic rings. The van der Waals surface area contributed by atoms with E-state index in [1.54, 1.807) is 0 Å². The molecular weight excluding hydrogens is 201 g/mol. The fraction of sp³-hybridized carbons (Fsp3) is 0.714. The zero-order valence-corrected chi connectivity index (χ0v) is 7.59. The number of amides is 1. The van der Waals surface area contributed by atoms with Crippen molar-refractivity contribution in [1.29, 1.82) is 0 Å². The number of nitrogens with zero attached hydrogens (tertiary/aromatic N) is 2. The van der Waals surface area contributed by atoms with E-state index >= 15 is 0 Å². The number of aliphatic hydroxyl groups is 1. The molecule has 0 saturated heterocycles. The second kappa shape index (κ2) is 2.94. The largest absolute Gasteiger partial charge is 0.438 e. The number of hydrogen-bond donors (Lipinski definition) is 1. The molecule has 0 aromatic carbocycles. The molecule has 1 atom stereocenters. The molecule has 80 valence electrons. The number of halogens is 3. The Labute approximate surface area is 78.0 Å². The van der Waals surface area contributed by atoms with Crippen molar-refractivity contribution < 1.29 is 23.1 Å². The molecule has 0 bridgehead atoms. The molecule has 0 saturated carbocycles. The summed E-state index contributed by atoms with van der Waals surface area (Å²) in [5, 5.41) is 12.7. The van der Waals surface area contributed by atoms with Crippen molar-refractivity contribution in [3.8, 4) is 0 Å². The van der Waals surface area contributed by atoms with Crippen LogP contribution in [0.2, 0.25) is 0 Å². The monoisotopic (exact) mass is 210 g/mol. The fourth-order valence-electron chi connectivity index (χ4n) is 1.27. The summed E-state index contributed by atoms with van der Waals surface area (Å²) < 4.78 is 37.2. The summed E-state index contributed by atoms with van der Waals surface area (Å²) in [6.07, 6.45) is -5.60. The first-order chi connectivity index (χ1) is 6.18. The van der Waals surface area contributed by atoms with E-state index in [4.69, 9.17) is 0 Å². The van der Waals surface area contributed by atoms with Gasteiger partial charge in [0.25, 0.3) is 5.72 Å². The van der Waals surface area contributed by atoms with E-state index in [-0.39, 0.29) is 10.7 Å². The second-order valence-corrected chi connectivity index (χ2v) is 3.16. The molecule has 1 aliphatic heterocycles. The van der Waals surface area contributed by atoms with Crippen LogP contribution in [0.1, 0.15) is 20.3 Å². The van der Waals surface area contributed by atoms with Gasteiger partial charge in [0.15, 0.2) is 0 Å². The Morgan fingerprint density at radius 1 is 1.64 bits per heavy atom. The summed E-state index contributed by atoms with van der Waals surface area (Å²) in [5.74, 6) is -0.943. The van der Waals surface area contributed by atoms with Crippen molar-refractivity contribution in [3.05, 3.63) is 0 Å². The highest BCUT2D eigenvalue weighted by molar-refractivity contribution is 5.88. The van der Waals surface area contributed by atoms with Gasteiger partial charge in [-0.1, -0.05) is 0 Å². The lowest BCUT2D eigenvalue weighted by molar-refractivity contribution is -0.301. The van der Waals surface area contributed by atoms with E-state index in [0.29, 0.717) is 0 Å². The van der Waals surface area contributed by atoms with Crippen LogP contribution in [0.3, 0.4) is 0 Å². The van der Waals surface area contributed by atoms with Crippen molar-refractivity contribution in [2.45, 2.75) is 32.2 Å². The van der Waals surface area contributed by atoms with Gasteiger partial charge < -0.3 is 5.11 Å². The van der Waals surface area contributed by atoms with E-state index in [9.17, 15) is 23.1 Å². The molecule has 0 fully saturated rings. The summed E-state index contributed by atoms with van der Waals surface area (Å²) in [5.41, 5.74) is -3.11. The van der Waals surface area contributed by atoms with E-state index in [0.717, 1.165) is 6.92 Å². The summed E-state index contributed by atoms with van der Waals surface area (Å²) in [6, 6.07) is 0.